The van der Waals surface area contributed by atoms with Crippen molar-refractivity contribution in [1.29, 1.82) is 0 Å². The zero-order chi connectivity index (χ0) is 15.0. The van der Waals surface area contributed by atoms with Gasteiger partial charge in [0.1, 0.15) is 6.42 Å². The van der Waals surface area contributed by atoms with Gasteiger partial charge in [-0.1, -0.05) is 0 Å². The van der Waals surface area contributed by atoms with E-state index in [1.165, 1.54) is 14.2 Å². The number of amides is 1. The molecule has 1 rings (SSSR count). The third-order valence-corrected chi connectivity index (χ3v) is 3.38. The molecule has 0 aromatic heterocycles. The van der Waals surface area contributed by atoms with E-state index in [1.54, 1.807) is 4.90 Å². The van der Waals surface area contributed by atoms with E-state index in [-0.39, 0.29) is 37.3 Å². The maximum absolute atomic E-state index is 12.2. The summed E-state index contributed by atoms with van der Waals surface area (Å²) in [4.78, 5) is 36.2. The van der Waals surface area contributed by atoms with Gasteiger partial charge in [0.05, 0.1) is 20.6 Å². The monoisotopic (exact) mass is 286 g/mol. The van der Waals surface area contributed by atoms with E-state index in [0.29, 0.717) is 0 Å². The summed E-state index contributed by atoms with van der Waals surface area (Å²) in [5.41, 5.74) is 0. The number of nitrogens with zero attached hydrogens (tertiary/aromatic N) is 1. The molecular formula is C13H22N2O5. The van der Waals surface area contributed by atoms with Crippen LogP contribution in [0.1, 0.15) is 25.7 Å². The smallest absolute Gasteiger partial charge is 0.315 e. The number of nitrogens with one attached hydrogen (secondary N) is 1. The summed E-state index contributed by atoms with van der Waals surface area (Å²) in [5.74, 6) is -1.23. The molecule has 0 saturated carbocycles. The number of carbonyl (C=O) groups excluding carboxylic acids is 3. The van der Waals surface area contributed by atoms with Crippen LogP contribution in [0.2, 0.25) is 0 Å². The van der Waals surface area contributed by atoms with Crippen molar-refractivity contribution in [2.24, 2.45) is 0 Å². The molecule has 7 nitrogen and oxygen atoms in total. The fourth-order valence-electron chi connectivity index (χ4n) is 2.24. The summed E-state index contributed by atoms with van der Waals surface area (Å²) in [6.45, 7) is 1.92. The van der Waals surface area contributed by atoms with Crippen molar-refractivity contribution in [2.75, 3.05) is 33.9 Å². The van der Waals surface area contributed by atoms with Gasteiger partial charge in [0.15, 0.2) is 0 Å². The molecule has 0 aliphatic carbocycles. The first kappa shape index (κ1) is 16.4. The van der Waals surface area contributed by atoms with Crippen molar-refractivity contribution in [3.8, 4) is 0 Å². The van der Waals surface area contributed by atoms with Crippen LogP contribution in [0.15, 0.2) is 0 Å². The number of esters is 2. The lowest BCUT2D eigenvalue weighted by molar-refractivity contribution is -0.148. The summed E-state index contributed by atoms with van der Waals surface area (Å²) >= 11 is 0. The molecule has 0 atom stereocenters. The third-order valence-electron chi connectivity index (χ3n) is 3.38. The minimum atomic E-state index is -0.563. The quantitative estimate of drug-likeness (QED) is 0.533. The first-order valence-electron chi connectivity index (χ1n) is 6.72. The van der Waals surface area contributed by atoms with Crippen molar-refractivity contribution in [2.45, 2.75) is 31.7 Å². The van der Waals surface area contributed by atoms with E-state index in [4.69, 9.17) is 0 Å². The number of piperidine rings is 1. The van der Waals surface area contributed by atoms with Crippen LogP contribution in [-0.4, -0.2) is 62.6 Å². The molecule has 0 aromatic rings. The summed E-state index contributed by atoms with van der Waals surface area (Å²) in [6.07, 6.45) is 1.47. The number of methoxy groups -OCH3 is 2. The first-order valence-corrected chi connectivity index (χ1v) is 6.72. The molecule has 1 saturated heterocycles. The lowest BCUT2D eigenvalue weighted by atomic mass is 10.0. The van der Waals surface area contributed by atoms with Crippen LogP contribution in [0, 0.1) is 0 Å². The molecule has 1 fully saturated rings. The number of carbonyl (C=O) groups is 3. The molecule has 7 heteroatoms. The van der Waals surface area contributed by atoms with Crippen LogP contribution in [0.25, 0.3) is 0 Å². The fourth-order valence-corrected chi connectivity index (χ4v) is 2.24. The highest BCUT2D eigenvalue weighted by atomic mass is 16.5. The van der Waals surface area contributed by atoms with Crippen LogP contribution >= 0.6 is 0 Å². The first-order chi connectivity index (χ1) is 9.58. The zero-order valence-electron chi connectivity index (χ0n) is 12.0. The second-order valence-corrected chi connectivity index (χ2v) is 4.65. The Hall–Kier alpha value is -1.63. The molecular weight excluding hydrogens is 264 g/mol. The van der Waals surface area contributed by atoms with Gasteiger partial charge in [-0.2, -0.15) is 0 Å². The van der Waals surface area contributed by atoms with E-state index in [0.717, 1.165) is 25.9 Å². The number of hydrogen-bond donors (Lipinski definition) is 1. The summed E-state index contributed by atoms with van der Waals surface area (Å²) < 4.78 is 9.10. The lowest BCUT2D eigenvalue weighted by Crippen LogP contribution is -2.47. The SMILES string of the molecule is COC(=O)CCN(C(=O)CC(=O)OC)C1CCNCC1. The number of rotatable bonds is 6. The van der Waals surface area contributed by atoms with Crippen LogP contribution in [0.3, 0.4) is 0 Å². The van der Waals surface area contributed by atoms with Gasteiger partial charge in [-0.05, 0) is 25.9 Å². The predicted molar refractivity (Wildman–Crippen MR) is 70.9 cm³/mol. The van der Waals surface area contributed by atoms with Crippen molar-refractivity contribution >= 4 is 17.8 Å². The number of hydrogen-bond acceptors (Lipinski definition) is 6. The maximum Gasteiger partial charge on any atom is 0.315 e. The minimum absolute atomic E-state index is 0.0538. The highest BCUT2D eigenvalue weighted by molar-refractivity contribution is 5.94. The highest BCUT2D eigenvalue weighted by Gasteiger charge is 2.27. The molecule has 1 N–H and O–H groups in total. The Bertz CT molecular complexity index is 353. The Kier molecular flexibility index (Phi) is 7.00. The predicted octanol–water partition coefficient (Wildman–Crippen LogP) is -0.307. The zero-order valence-corrected chi connectivity index (χ0v) is 12.0. The maximum atomic E-state index is 12.2. The topological polar surface area (TPSA) is 84.9 Å². The summed E-state index contributed by atoms with van der Waals surface area (Å²) in [7, 11) is 2.56. The minimum Gasteiger partial charge on any atom is -0.469 e. The molecule has 1 aliphatic heterocycles. The molecule has 0 unspecified atom stereocenters. The third kappa shape index (κ3) is 5.16. The second-order valence-electron chi connectivity index (χ2n) is 4.65. The Morgan fingerprint density at radius 1 is 1.10 bits per heavy atom. The average molecular weight is 286 g/mol. The Morgan fingerprint density at radius 2 is 1.70 bits per heavy atom. The van der Waals surface area contributed by atoms with E-state index in [2.05, 4.69) is 14.8 Å². The molecule has 0 aromatic carbocycles. The normalized spacial score (nSPS) is 15.5. The standard InChI is InChI=1S/C13H22N2O5/c1-19-12(17)5-8-15(10-3-6-14-7-4-10)11(16)9-13(18)20-2/h10,14H,3-9H2,1-2H3. The van der Waals surface area contributed by atoms with Gasteiger partial charge in [-0.3, -0.25) is 14.4 Å². The average Bonchev–Trinajstić information content (AvgIpc) is 2.48. The van der Waals surface area contributed by atoms with E-state index < -0.39 is 5.97 Å². The molecule has 0 radical (unpaired) electrons. The van der Waals surface area contributed by atoms with Gasteiger partial charge >= 0.3 is 11.9 Å². The van der Waals surface area contributed by atoms with Crippen molar-refractivity contribution in [3.05, 3.63) is 0 Å². The van der Waals surface area contributed by atoms with Crippen LogP contribution < -0.4 is 5.32 Å². The van der Waals surface area contributed by atoms with Gasteiger partial charge in [-0.25, -0.2) is 0 Å². The summed E-state index contributed by atoms with van der Waals surface area (Å²) in [5, 5.41) is 3.22. The fraction of sp³-hybridized carbons (Fsp3) is 0.769. The molecule has 0 bridgehead atoms. The van der Waals surface area contributed by atoms with Gasteiger partial charge < -0.3 is 19.7 Å². The van der Waals surface area contributed by atoms with Crippen molar-refractivity contribution < 1.29 is 23.9 Å². The van der Waals surface area contributed by atoms with Gasteiger partial charge in [-0.15, -0.1) is 0 Å². The van der Waals surface area contributed by atoms with Crippen LogP contribution in [-0.2, 0) is 23.9 Å². The Morgan fingerprint density at radius 3 is 2.25 bits per heavy atom. The molecule has 1 aliphatic rings. The van der Waals surface area contributed by atoms with Crippen LogP contribution in [0.4, 0.5) is 0 Å². The summed E-state index contributed by atoms with van der Waals surface area (Å²) in [6, 6.07) is 0.0538. The molecule has 114 valence electrons. The Balaban J connectivity index is 2.63. The molecule has 0 spiro atoms. The Labute approximate surface area is 118 Å². The van der Waals surface area contributed by atoms with Crippen molar-refractivity contribution in [1.82, 2.24) is 10.2 Å². The molecule has 1 heterocycles. The van der Waals surface area contributed by atoms with E-state index in [9.17, 15) is 14.4 Å². The van der Waals surface area contributed by atoms with Gasteiger partial charge in [0.25, 0.3) is 0 Å². The number of ether oxygens (including phenoxy) is 2. The van der Waals surface area contributed by atoms with Crippen molar-refractivity contribution in [3.63, 3.8) is 0 Å². The highest BCUT2D eigenvalue weighted by Crippen LogP contribution is 2.14. The van der Waals surface area contributed by atoms with Crippen LogP contribution in [0.5, 0.6) is 0 Å². The lowest BCUT2D eigenvalue weighted by Gasteiger charge is -2.34. The van der Waals surface area contributed by atoms with Gasteiger partial charge in [0, 0.05) is 12.6 Å². The second kappa shape index (κ2) is 8.52. The molecule has 1 amide bonds. The largest absolute Gasteiger partial charge is 0.469 e. The van der Waals surface area contributed by atoms with Gasteiger partial charge in [0.2, 0.25) is 5.91 Å². The van der Waals surface area contributed by atoms with E-state index in [1.807, 2.05) is 0 Å². The van der Waals surface area contributed by atoms with E-state index >= 15 is 0 Å². The molecule has 20 heavy (non-hydrogen) atoms.